The van der Waals surface area contributed by atoms with Gasteiger partial charge in [-0.1, -0.05) is 18.5 Å². The summed E-state index contributed by atoms with van der Waals surface area (Å²) < 4.78 is 67.3. The number of amides is 1. The molecule has 194 valence electrons. The second kappa shape index (κ2) is 9.35. The number of rotatable bonds is 6. The van der Waals surface area contributed by atoms with Crippen LogP contribution < -0.4 is 5.32 Å². The van der Waals surface area contributed by atoms with Crippen molar-refractivity contribution in [1.82, 2.24) is 0 Å². The summed E-state index contributed by atoms with van der Waals surface area (Å²) in [6.07, 6.45) is 0.0837. The van der Waals surface area contributed by atoms with E-state index in [-0.39, 0.29) is 39.9 Å². The lowest BCUT2D eigenvalue weighted by molar-refractivity contribution is -0.149. The summed E-state index contributed by atoms with van der Waals surface area (Å²) in [7, 11) is -4.11. The van der Waals surface area contributed by atoms with Gasteiger partial charge in [-0.3, -0.25) is 9.59 Å². The van der Waals surface area contributed by atoms with Crippen molar-refractivity contribution < 1.29 is 41.4 Å². The minimum atomic E-state index is -4.11. The lowest BCUT2D eigenvalue weighted by Gasteiger charge is -2.42. The molecule has 5 atom stereocenters. The Kier molecular flexibility index (Phi) is 6.87. The van der Waals surface area contributed by atoms with Gasteiger partial charge in [0.15, 0.2) is 27.3 Å². The first-order chi connectivity index (χ1) is 16.7. The topological polar surface area (TPSA) is 121 Å². The van der Waals surface area contributed by atoms with Crippen molar-refractivity contribution in [2.24, 2.45) is 17.8 Å². The van der Waals surface area contributed by atoms with Crippen LogP contribution in [0, 0.1) is 35.2 Å². The van der Waals surface area contributed by atoms with E-state index in [0.29, 0.717) is 18.6 Å². The van der Waals surface area contributed by atoms with Gasteiger partial charge in [-0.25, -0.2) is 21.6 Å². The highest BCUT2D eigenvalue weighted by atomic mass is 35.5. The molecule has 2 fully saturated rings. The molecule has 0 heterocycles. The van der Waals surface area contributed by atoms with Gasteiger partial charge in [0.2, 0.25) is 0 Å². The highest BCUT2D eigenvalue weighted by Gasteiger charge is 2.59. The number of carbonyl (C=O) groups excluding carboxylic acids is 1. The minimum absolute atomic E-state index is 0.0324. The number of nitrogens with one attached hydrogen (secondary N) is 1. The zero-order valence-electron chi connectivity index (χ0n) is 19.0. The van der Waals surface area contributed by atoms with Crippen LogP contribution in [0.3, 0.4) is 0 Å². The quantitative estimate of drug-likeness (QED) is 0.462. The van der Waals surface area contributed by atoms with Crippen LogP contribution in [0.5, 0.6) is 0 Å². The molecule has 2 aromatic rings. The highest BCUT2D eigenvalue weighted by molar-refractivity contribution is 7.92. The van der Waals surface area contributed by atoms with Crippen LogP contribution in [-0.4, -0.2) is 41.4 Å². The molecule has 2 aliphatic carbocycles. The van der Waals surface area contributed by atoms with Gasteiger partial charge in [0.25, 0.3) is 5.91 Å². The first-order valence-electron chi connectivity index (χ1n) is 11.2. The number of sulfone groups is 1. The van der Waals surface area contributed by atoms with Gasteiger partial charge in [0.05, 0.1) is 27.2 Å². The van der Waals surface area contributed by atoms with Crippen LogP contribution in [0.1, 0.15) is 43.0 Å². The van der Waals surface area contributed by atoms with Crippen LogP contribution in [0.4, 0.5) is 18.9 Å². The third-order valence-corrected chi connectivity index (χ3v) is 10.0. The fraction of sp³-hybridized carbons (Fsp3) is 0.417. The van der Waals surface area contributed by atoms with Crippen molar-refractivity contribution in [1.29, 1.82) is 0 Å². The van der Waals surface area contributed by atoms with E-state index < -0.39 is 68.3 Å². The van der Waals surface area contributed by atoms with Crippen LogP contribution >= 0.6 is 11.6 Å². The summed E-state index contributed by atoms with van der Waals surface area (Å²) in [5, 5.41) is 21.5. The lowest BCUT2D eigenvalue weighted by Crippen LogP contribution is -2.50. The van der Waals surface area contributed by atoms with E-state index >= 15 is 0 Å². The maximum absolute atomic E-state index is 13.6. The molecule has 36 heavy (non-hydrogen) atoms. The Morgan fingerprint density at radius 1 is 1.11 bits per heavy atom. The second-order valence-electron chi connectivity index (χ2n) is 9.57. The molecule has 0 aliphatic heterocycles. The first kappa shape index (κ1) is 26.4. The third kappa shape index (κ3) is 4.59. The number of carbonyl (C=O) groups is 2. The van der Waals surface area contributed by atoms with Crippen LogP contribution in [0.15, 0.2) is 35.2 Å². The van der Waals surface area contributed by atoms with Crippen LogP contribution in [0.2, 0.25) is 5.02 Å². The summed E-state index contributed by atoms with van der Waals surface area (Å²) in [5.74, 6) is -7.92. The number of carboxylic acids is 1. The minimum Gasteiger partial charge on any atom is -0.481 e. The standard InChI is InChI=1S/C24H23ClF3NO6S/c1-11-4-13-6-15(9-16(11)24(13,33)10-21(30)31)36(34,35)20-5-12(2-3-17(20)25)23(32)29-14-7-18(26)22(28)19(27)8-14/h2-3,5,7-8,11,13,15-16,33H,4,6,9-10H2,1H3,(H,29,32)(H,30,31)/t11-,13?,15?,16?,24+/m0/s1. The summed E-state index contributed by atoms with van der Waals surface area (Å²) >= 11 is 6.19. The summed E-state index contributed by atoms with van der Waals surface area (Å²) in [6, 6.07) is 4.65. The molecule has 2 aliphatic rings. The molecule has 0 spiro atoms. The molecule has 7 nitrogen and oxygen atoms in total. The van der Waals surface area contributed by atoms with Crippen molar-refractivity contribution in [2.45, 2.75) is 48.4 Å². The van der Waals surface area contributed by atoms with Crippen molar-refractivity contribution in [2.75, 3.05) is 5.32 Å². The number of aliphatic hydroxyl groups is 1. The van der Waals surface area contributed by atoms with Crippen LogP contribution in [-0.2, 0) is 14.6 Å². The van der Waals surface area contributed by atoms with Gasteiger partial charge < -0.3 is 15.5 Å². The van der Waals surface area contributed by atoms with Crippen molar-refractivity contribution in [3.63, 3.8) is 0 Å². The summed E-state index contributed by atoms with van der Waals surface area (Å²) in [4.78, 5) is 23.7. The van der Waals surface area contributed by atoms with E-state index in [1.54, 1.807) is 0 Å². The van der Waals surface area contributed by atoms with E-state index in [9.17, 15) is 41.4 Å². The normalized spacial score (nSPS) is 27.6. The maximum atomic E-state index is 13.6. The zero-order chi connectivity index (χ0) is 26.6. The van der Waals surface area contributed by atoms with Gasteiger partial charge in [0.1, 0.15) is 0 Å². The zero-order valence-corrected chi connectivity index (χ0v) is 20.5. The van der Waals surface area contributed by atoms with Crippen LogP contribution in [0.25, 0.3) is 0 Å². The molecule has 0 aromatic heterocycles. The first-order valence-corrected chi connectivity index (χ1v) is 13.1. The Labute approximate surface area is 210 Å². The van der Waals surface area contributed by atoms with E-state index in [4.69, 9.17) is 11.6 Å². The molecule has 3 N–H and O–H groups in total. The average Bonchev–Trinajstić information content (AvgIpc) is 2.90. The number of aliphatic carboxylic acids is 1. The molecular weight excluding hydrogens is 523 g/mol. The fourth-order valence-corrected chi connectivity index (χ4v) is 8.07. The molecule has 3 unspecified atom stereocenters. The molecule has 2 bridgehead atoms. The number of halogens is 4. The number of carboxylic acid groups (broad SMARTS) is 1. The monoisotopic (exact) mass is 545 g/mol. The number of fused-ring (bicyclic) bond motifs is 2. The smallest absolute Gasteiger partial charge is 0.306 e. The summed E-state index contributed by atoms with van der Waals surface area (Å²) in [5.41, 5.74) is -2.04. The van der Waals surface area contributed by atoms with Gasteiger partial charge in [-0.05, 0) is 55.2 Å². The summed E-state index contributed by atoms with van der Waals surface area (Å²) in [6.45, 7) is 1.85. The molecule has 0 saturated heterocycles. The predicted molar refractivity (Wildman–Crippen MR) is 124 cm³/mol. The van der Waals surface area contributed by atoms with Gasteiger partial charge >= 0.3 is 5.97 Å². The lowest BCUT2D eigenvalue weighted by atomic mass is 9.71. The molecule has 2 aromatic carbocycles. The number of hydrogen-bond donors (Lipinski definition) is 3. The number of hydrogen-bond acceptors (Lipinski definition) is 5. The second-order valence-corrected chi connectivity index (χ2v) is 12.2. The number of benzene rings is 2. The molecule has 0 radical (unpaired) electrons. The fourth-order valence-electron chi connectivity index (χ4n) is 5.69. The van der Waals surface area contributed by atoms with E-state index in [1.165, 1.54) is 12.1 Å². The SMILES string of the molecule is C[C@H]1CC2CC(S(=O)(=O)c3cc(C(=O)Nc4cc(F)c(F)c(F)c4)ccc3Cl)CC1[C@@]2(O)CC(=O)O. The molecule has 12 heteroatoms. The largest absolute Gasteiger partial charge is 0.481 e. The van der Waals surface area contributed by atoms with E-state index in [0.717, 1.165) is 6.07 Å². The van der Waals surface area contributed by atoms with Gasteiger partial charge in [0, 0.05) is 23.4 Å². The van der Waals surface area contributed by atoms with E-state index in [1.807, 2.05) is 6.92 Å². The molecular formula is C24H23ClF3NO6S. The molecule has 4 rings (SSSR count). The van der Waals surface area contributed by atoms with Crippen molar-refractivity contribution in [3.05, 3.63) is 58.4 Å². The van der Waals surface area contributed by atoms with Crippen molar-refractivity contribution >= 4 is 39.0 Å². The predicted octanol–water partition coefficient (Wildman–Crippen LogP) is 4.42. The van der Waals surface area contributed by atoms with Gasteiger partial charge in [-0.15, -0.1) is 0 Å². The maximum Gasteiger partial charge on any atom is 0.306 e. The van der Waals surface area contributed by atoms with Crippen molar-refractivity contribution in [3.8, 4) is 0 Å². The van der Waals surface area contributed by atoms with E-state index in [2.05, 4.69) is 5.32 Å². The molecule has 1 amide bonds. The Morgan fingerprint density at radius 2 is 1.75 bits per heavy atom. The number of anilines is 1. The Hall–Kier alpha value is -2.63. The molecule has 2 saturated carbocycles. The Bertz CT molecular complexity index is 1330. The Morgan fingerprint density at radius 3 is 2.33 bits per heavy atom. The highest BCUT2D eigenvalue weighted by Crippen LogP contribution is 2.56. The van der Waals surface area contributed by atoms with Gasteiger partial charge in [-0.2, -0.15) is 0 Å². The third-order valence-electron chi connectivity index (χ3n) is 7.37. The average molecular weight is 546 g/mol. The Balaban J connectivity index is 1.61.